The summed E-state index contributed by atoms with van der Waals surface area (Å²) in [5.41, 5.74) is 2.58. The SMILES string of the molecule is Cc1cc2c(N3C4CCC3CC(O)C4)nc(NN)nc2s1. The topological polar surface area (TPSA) is 87.3 Å². The number of rotatable bonds is 2. The van der Waals surface area contributed by atoms with Crippen LogP contribution in [-0.2, 0) is 0 Å². The molecule has 2 bridgehead atoms. The molecular formula is C14H19N5OS. The van der Waals surface area contributed by atoms with E-state index in [4.69, 9.17) is 5.84 Å². The Bertz CT molecular complexity index is 673. The van der Waals surface area contributed by atoms with Crippen LogP contribution in [0.4, 0.5) is 11.8 Å². The van der Waals surface area contributed by atoms with Crippen molar-refractivity contribution >= 4 is 33.3 Å². The highest BCUT2D eigenvalue weighted by Crippen LogP contribution is 2.42. The molecule has 0 aromatic carbocycles. The molecule has 2 aliphatic heterocycles. The molecule has 0 amide bonds. The van der Waals surface area contributed by atoms with Crippen LogP contribution in [0.1, 0.15) is 30.6 Å². The average molecular weight is 305 g/mol. The molecule has 2 fully saturated rings. The first-order chi connectivity index (χ1) is 10.2. The van der Waals surface area contributed by atoms with Gasteiger partial charge in [0.15, 0.2) is 0 Å². The summed E-state index contributed by atoms with van der Waals surface area (Å²) in [5, 5.41) is 11.1. The molecule has 4 heterocycles. The van der Waals surface area contributed by atoms with Crippen molar-refractivity contribution in [3.63, 3.8) is 0 Å². The molecule has 7 heteroatoms. The fourth-order valence-electron chi connectivity index (χ4n) is 3.78. The van der Waals surface area contributed by atoms with Gasteiger partial charge in [0.1, 0.15) is 10.6 Å². The second-order valence-corrected chi connectivity index (χ2v) is 7.24. The monoisotopic (exact) mass is 305 g/mol. The summed E-state index contributed by atoms with van der Waals surface area (Å²) in [5.74, 6) is 6.96. The number of hydrazine groups is 1. The van der Waals surface area contributed by atoms with Crippen LogP contribution in [0, 0.1) is 6.92 Å². The zero-order valence-corrected chi connectivity index (χ0v) is 12.7. The van der Waals surface area contributed by atoms with Gasteiger partial charge in [-0.2, -0.15) is 4.98 Å². The number of hydrogen-bond donors (Lipinski definition) is 3. The number of nitrogens with zero attached hydrogens (tertiary/aromatic N) is 3. The average Bonchev–Trinajstić information content (AvgIpc) is 2.95. The number of piperidine rings is 1. The van der Waals surface area contributed by atoms with E-state index in [1.54, 1.807) is 11.3 Å². The maximum absolute atomic E-state index is 9.98. The van der Waals surface area contributed by atoms with Crippen LogP contribution in [-0.4, -0.2) is 33.3 Å². The highest BCUT2D eigenvalue weighted by molar-refractivity contribution is 7.18. The van der Waals surface area contributed by atoms with E-state index in [9.17, 15) is 5.11 Å². The molecule has 2 aromatic heterocycles. The largest absolute Gasteiger partial charge is 0.393 e. The number of aromatic nitrogens is 2. The van der Waals surface area contributed by atoms with Gasteiger partial charge < -0.3 is 10.0 Å². The zero-order valence-electron chi connectivity index (χ0n) is 11.9. The standard InChI is InChI=1S/C14H19N5OS/c1-7-4-11-12(16-14(18-15)17-13(11)21-7)19-8-2-3-9(19)6-10(20)5-8/h4,8-10,20H,2-3,5-6,15H2,1H3,(H,16,17,18). The predicted molar refractivity (Wildman–Crippen MR) is 84.5 cm³/mol. The normalized spacial score (nSPS) is 28.3. The van der Waals surface area contributed by atoms with Gasteiger partial charge in [0.25, 0.3) is 0 Å². The third kappa shape index (κ3) is 2.07. The maximum atomic E-state index is 9.98. The first-order valence-corrected chi connectivity index (χ1v) is 8.18. The van der Waals surface area contributed by atoms with Crippen LogP contribution in [0.2, 0.25) is 0 Å². The summed E-state index contributed by atoms with van der Waals surface area (Å²) in [4.78, 5) is 13.7. The number of nitrogens with two attached hydrogens (primary N) is 1. The van der Waals surface area contributed by atoms with Crippen molar-refractivity contribution in [2.75, 3.05) is 10.3 Å². The van der Waals surface area contributed by atoms with Crippen LogP contribution in [0.25, 0.3) is 10.2 Å². The van der Waals surface area contributed by atoms with E-state index < -0.39 is 0 Å². The highest BCUT2D eigenvalue weighted by atomic mass is 32.1. The van der Waals surface area contributed by atoms with Crippen molar-refractivity contribution in [2.24, 2.45) is 5.84 Å². The van der Waals surface area contributed by atoms with Gasteiger partial charge in [-0.15, -0.1) is 11.3 Å². The van der Waals surface area contributed by atoms with E-state index in [-0.39, 0.29) is 6.10 Å². The van der Waals surface area contributed by atoms with Crippen molar-refractivity contribution in [2.45, 2.75) is 50.8 Å². The lowest BCUT2D eigenvalue weighted by Crippen LogP contribution is -2.45. The minimum absolute atomic E-state index is 0.174. The van der Waals surface area contributed by atoms with Crippen LogP contribution in [0.3, 0.4) is 0 Å². The third-order valence-corrected chi connectivity index (χ3v) is 5.52. The summed E-state index contributed by atoms with van der Waals surface area (Å²) < 4.78 is 0. The summed E-state index contributed by atoms with van der Waals surface area (Å²) in [6, 6.07) is 2.91. The van der Waals surface area contributed by atoms with E-state index in [2.05, 4.69) is 33.3 Å². The minimum Gasteiger partial charge on any atom is -0.393 e. The van der Waals surface area contributed by atoms with Crippen molar-refractivity contribution in [3.05, 3.63) is 10.9 Å². The fourth-order valence-corrected chi connectivity index (χ4v) is 4.66. The Morgan fingerprint density at radius 3 is 2.71 bits per heavy atom. The Hall–Kier alpha value is -1.44. The number of hydrogen-bond acceptors (Lipinski definition) is 7. The first kappa shape index (κ1) is 13.2. The Kier molecular flexibility index (Phi) is 3.02. The second-order valence-electron chi connectivity index (χ2n) is 6.01. The number of aryl methyl sites for hydroxylation is 1. The second kappa shape index (κ2) is 4.79. The first-order valence-electron chi connectivity index (χ1n) is 7.37. The summed E-state index contributed by atoms with van der Waals surface area (Å²) in [6.45, 7) is 2.08. The smallest absolute Gasteiger partial charge is 0.240 e. The highest BCUT2D eigenvalue weighted by Gasteiger charge is 2.41. The van der Waals surface area contributed by atoms with E-state index >= 15 is 0 Å². The molecule has 2 unspecified atom stereocenters. The number of thiophene rings is 1. The zero-order chi connectivity index (χ0) is 14.6. The van der Waals surface area contributed by atoms with Crippen LogP contribution < -0.4 is 16.2 Å². The number of nitrogens with one attached hydrogen (secondary N) is 1. The molecule has 6 nitrogen and oxygen atoms in total. The molecule has 2 aromatic rings. The molecule has 2 atom stereocenters. The molecule has 112 valence electrons. The van der Waals surface area contributed by atoms with Gasteiger partial charge in [-0.1, -0.05) is 0 Å². The lowest BCUT2D eigenvalue weighted by atomic mass is 9.99. The summed E-state index contributed by atoms with van der Waals surface area (Å²) >= 11 is 1.66. The van der Waals surface area contributed by atoms with Gasteiger partial charge in [0.05, 0.1) is 11.5 Å². The minimum atomic E-state index is -0.174. The molecule has 4 rings (SSSR count). The molecule has 0 saturated carbocycles. The Balaban J connectivity index is 1.86. The number of aliphatic hydroxyl groups is 1. The van der Waals surface area contributed by atoms with E-state index in [1.807, 2.05) is 0 Å². The maximum Gasteiger partial charge on any atom is 0.240 e. The lowest BCUT2D eigenvalue weighted by Gasteiger charge is -2.38. The van der Waals surface area contributed by atoms with E-state index in [1.165, 1.54) is 4.88 Å². The molecule has 0 aliphatic carbocycles. The molecule has 4 N–H and O–H groups in total. The Labute approximate surface area is 127 Å². The molecule has 2 saturated heterocycles. The lowest BCUT2D eigenvalue weighted by molar-refractivity contribution is 0.126. The van der Waals surface area contributed by atoms with Gasteiger partial charge in [-0.25, -0.2) is 10.8 Å². The molecule has 2 aliphatic rings. The van der Waals surface area contributed by atoms with E-state index in [0.717, 1.165) is 41.7 Å². The quantitative estimate of drug-likeness (QED) is 0.579. The van der Waals surface area contributed by atoms with Gasteiger partial charge in [0.2, 0.25) is 5.95 Å². The van der Waals surface area contributed by atoms with E-state index in [0.29, 0.717) is 18.0 Å². The van der Waals surface area contributed by atoms with Crippen LogP contribution in [0.5, 0.6) is 0 Å². The van der Waals surface area contributed by atoms with Crippen LogP contribution in [0.15, 0.2) is 6.07 Å². The van der Waals surface area contributed by atoms with Crippen molar-refractivity contribution in [1.82, 2.24) is 9.97 Å². The molecule has 0 spiro atoms. The predicted octanol–water partition coefficient (Wildman–Crippen LogP) is 1.78. The van der Waals surface area contributed by atoms with Crippen molar-refractivity contribution in [3.8, 4) is 0 Å². The summed E-state index contributed by atoms with van der Waals surface area (Å²) in [6.07, 6.45) is 3.74. The summed E-state index contributed by atoms with van der Waals surface area (Å²) in [7, 11) is 0. The Morgan fingerprint density at radius 2 is 2.05 bits per heavy atom. The number of anilines is 2. The van der Waals surface area contributed by atoms with Crippen LogP contribution >= 0.6 is 11.3 Å². The molecule has 0 radical (unpaired) electrons. The molecule has 21 heavy (non-hydrogen) atoms. The molecular weight excluding hydrogens is 286 g/mol. The van der Waals surface area contributed by atoms with Crippen molar-refractivity contribution < 1.29 is 5.11 Å². The van der Waals surface area contributed by atoms with Gasteiger partial charge >= 0.3 is 0 Å². The number of nitrogen functional groups attached to an aromatic ring is 1. The van der Waals surface area contributed by atoms with Gasteiger partial charge in [-0.05, 0) is 38.7 Å². The van der Waals surface area contributed by atoms with Gasteiger partial charge in [-0.3, -0.25) is 5.43 Å². The number of aliphatic hydroxyl groups excluding tert-OH is 1. The fraction of sp³-hybridized carbons (Fsp3) is 0.571. The number of fused-ring (bicyclic) bond motifs is 3. The van der Waals surface area contributed by atoms with Crippen molar-refractivity contribution in [1.29, 1.82) is 0 Å². The third-order valence-electron chi connectivity index (χ3n) is 4.58. The Morgan fingerprint density at radius 1 is 1.33 bits per heavy atom. The van der Waals surface area contributed by atoms with Gasteiger partial charge in [0, 0.05) is 17.0 Å².